The van der Waals surface area contributed by atoms with Gasteiger partial charge < -0.3 is 26.6 Å². The molecule has 7 nitrogen and oxygen atoms in total. The molecule has 0 spiro atoms. The number of aliphatic carboxylic acids is 1. The fourth-order valence-electron chi connectivity index (χ4n) is 3.41. The third kappa shape index (κ3) is 10.6. The predicted octanol–water partition coefficient (Wildman–Crippen LogP) is 3.69. The number of Topliss-reactive ketones (excluding diaryl/α,β-unsaturated/α-hetero) is 1. The highest BCUT2D eigenvalue weighted by atomic mass is 19.4. The number of nitrogens with one attached hydrogen (secondary N) is 1. The molecular formula is C27H32F3N3O4. The number of halogens is 3. The van der Waals surface area contributed by atoms with Gasteiger partial charge in [0.25, 0.3) is 0 Å². The maximum atomic E-state index is 13.1. The minimum absolute atomic E-state index is 0.0839. The zero-order chi connectivity index (χ0) is 27.3. The Labute approximate surface area is 213 Å². The average Bonchev–Trinajstić information content (AvgIpc) is 2.89. The van der Waals surface area contributed by atoms with Crippen molar-refractivity contribution in [2.45, 2.75) is 37.6 Å². The van der Waals surface area contributed by atoms with Crippen molar-refractivity contribution in [3.63, 3.8) is 0 Å². The Hall–Kier alpha value is -3.47. The zero-order valence-electron chi connectivity index (χ0n) is 20.3. The number of carboxylic acid groups (broad SMARTS) is 1. The van der Waals surface area contributed by atoms with Crippen LogP contribution in [0, 0.1) is 0 Å². The molecule has 3 rings (SSSR count). The first-order valence-electron chi connectivity index (χ1n) is 11.8. The monoisotopic (exact) mass is 519 g/mol. The highest BCUT2D eigenvalue weighted by Gasteiger charge is 2.38. The molecule has 10 heteroatoms. The van der Waals surface area contributed by atoms with E-state index in [4.69, 9.17) is 26.1 Å². The third-order valence-corrected chi connectivity index (χ3v) is 5.40. The second-order valence-corrected chi connectivity index (χ2v) is 8.30. The van der Waals surface area contributed by atoms with E-state index in [-0.39, 0.29) is 5.78 Å². The largest absolute Gasteiger partial charge is 0.490 e. The number of carbonyl (C=O) groups is 2. The van der Waals surface area contributed by atoms with Gasteiger partial charge in [-0.2, -0.15) is 13.2 Å². The molecule has 0 aliphatic heterocycles. The number of nitrogens with two attached hydrogens (primary N) is 2. The van der Waals surface area contributed by atoms with Gasteiger partial charge >= 0.3 is 12.1 Å². The second kappa shape index (κ2) is 14.9. The molecule has 6 N–H and O–H groups in total. The van der Waals surface area contributed by atoms with Gasteiger partial charge in [0.05, 0.1) is 6.04 Å². The molecule has 200 valence electrons. The second-order valence-electron chi connectivity index (χ2n) is 8.30. The lowest BCUT2D eigenvalue weighted by Crippen LogP contribution is -2.47. The Kier molecular flexibility index (Phi) is 12.0. The van der Waals surface area contributed by atoms with Crippen molar-refractivity contribution in [2.24, 2.45) is 11.5 Å². The Morgan fingerprint density at radius 2 is 1.59 bits per heavy atom. The lowest BCUT2D eigenvalue weighted by molar-refractivity contribution is -0.192. The summed E-state index contributed by atoms with van der Waals surface area (Å²) >= 11 is 0. The van der Waals surface area contributed by atoms with Crippen LogP contribution in [0.2, 0.25) is 0 Å². The molecule has 0 amide bonds. The van der Waals surface area contributed by atoms with Crippen LogP contribution < -0.4 is 21.5 Å². The van der Waals surface area contributed by atoms with Crippen LogP contribution in [-0.4, -0.2) is 54.8 Å². The number of benzene rings is 3. The molecule has 3 aromatic rings. The Morgan fingerprint density at radius 1 is 0.973 bits per heavy atom. The van der Waals surface area contributed by atoms with Crippen LogP contribution in [0.3, 0.4) is 0 Å². The van der Waals surface area contributed by atoms with Gasteiger partial charge in [0.15, 0.2) is 11.9 Å². The highest BCUT2D eigenvalue weighted by molar-refractivity contribution is 5.89. The third-order valence-electron chi connectivity index (χ3n) is 5.40. The Balaban J connectivity index is 0.000000604. The first-order chi connectivity index (χ1) is 17.6. The predicted molar refractivity (Wildman–Crippen MR) is 136 cm³/mol. The van der Waals surface area contributed by atoms with Crippen LogP contribution in [-0.2, 0) is 16.0 Å². The van der Waals surface area contributed by atoms with Gasteiger partial charge in [-0.3, -0.25) is 4.79 Å². The number of carbonyl (C=O) groups excluding carboxylic acids is 1. The molecule has 0 aliphatic carbocycles. The van der Waals surface area contributed by atoms with Crippen LogP contribution in [0.1, 0.15) is 18.4 Å². The van der Waals surface area contributed by atoms with Crippen molar-refractivity contribution in [3.05, 3.63) is 78.4 Å². The van der Waals surface area contributed by atoms with Crippen molar-refractivity contribution in [1.82, 2.24) is 5.32 Å². The Morgan fingerprint density at radius 3 is 2.22 bits per heavy atom. The summed E-state index contributed by atoms with van der Waals surface area (Å²) in [5, 5.41) is 12.6. The van der Waals surface area contributed by atoms with E-state index in [9.17, 15) is 18.0 Å². The Bertz CT molecular complexity index is 1130. The van der Waals surface area contributed by atoms with Crippen LogP contribution in [0.5, 0.6) is 5.75 Å². The summed E-state index contributed by atoms with van der Waals surface area (Å²) in [7, 11) is 0. The van der Waals surface area contributed by atoms with Gasteiger partial charge in [0, 0.05) is 6.54 Å². The minimum Gasteiger partial charge on any atom is -0.481 e. The highest BCUT2D eigenvalue weighted by Crippen LogP contribution is 2.22. The number of carboxylic acids is 1. The molecule has 0 aromatic heterocycles. The number of fused-ring (bicyclic) bond motifs is 1. The van der Waals surface area contributed by atoms with E-state index in [1.165, 1.54) is 5.56 Å². The smallest absolute Gasteiger partial charge is 0.481 e. The standard InChI is InChI=1S/C25H31N3O2.C2HF3O2/c26-15-6-16-28-18-24(25(29)23(27)14-11-19-7-2-1-3-8-19)30-22-13-12-20-9-4-5-10-21(20)17-22;3-2(4,5)1(6)7/h1-5,7-10,12-13,17,23-24,28H,6,11,14-16,18,26-27H2;(H,6,7)/t23-,24?;/m0./s1. The van der Waals surface area contributed by atoms with Gasteiger partial charge in [0.1, 0.15) is 5.75 Å². The molecule has 0 fully saturated rings. The van der Waals surface area contributed by atoms with Gasteiger partial charge in [-0.25, -0.2) is 4.79 Å². The summed E-state index contributed by atoms with van der Waals surface area (Å²) in [6, 6.07) is 23.4. The number of rotatable bonds is 12. The number of ether oxygens (including phenoxy) is 1. The molecule has 0 bridgehead atoms. The quantitative estimate of drug-likeness (QED) is 0.269. The van der Waals surface area contributed by atoms with E-state index in [1.807, 2.05) is 54.6 Å². The van der Waals surface area contributed by atoms with E-state index in [1.54, 1.807) is 0 Å². The average molecular weight is 520 g/mol. The zero-order valence-corrected chi connectivity index (χ0v) is 20.3. The fourth-order valence-corrected chi connectivity index (χ4v) is 3.41. The molecular weight excluding hydrogens is 487 g/mol. The van der Waals surface area contributed by atoms with E-state index in [0.717, 1.165) is 30.2 Å². The van der Waals surface area contributed by atoms with Gasteiger partial charge in [-0.15, -0.1) is 0 Å². The molecule has 0 saturated carbocycles. The van der Waals surface area contributed by atoms with Crippen LogP contribution >= 0.6 is 0 Å². The van der Waals surface area contributed by atoms with E-state index >= 15 is 0 Å². The molecule has 2 atom stereocenters. The van der Waals surface area contributed by atoms with Crippen molar-refractivity contribution >= 4 is 22.5 Å². The van der Waals surface area contributed by atoms with E-state index < -0.39 is 24.3 Å². The van der Waals surface area contributed by atoms with Gasteiger partial charge in [-0.1, -0.05) is 60.7 Å². The summed E-state index contributed by atoms with van der Waals surface area (Å²) in [5.74, 6) is -2.17. The van der Waals surface area contributed by atoms with Gasteiger partial charge in [-0.05, 0) is 60.8 Å². The lowest BCUT2D eigenvalue weighted by Gasteiger charge is -2.22. The molecule has 3 aromatic carbocycles. The number of alkyl halides is 3. The lowest BCUT2D eigenvalue weighted by atomic mass is 10.00. The number of hydrogen-bond acceptors (Lipinski definition) is 6. The normalized spacial score (nSPS) is 12.8. The van der Waals surface area contributed by atoms with Crippen molar-refractivity contribution in [3.8, 4) is 5.75 Å². The molecule has 0 saturated heterocycles. The van der Waals surface area contributed by atoms with Crippen molar-refractivity contribution < 1.29 is 32.6 Å². The number of hydrogen-bond donors (Lipinski definition) is 4. The molecule has 0 aliphatic rings. The van der Waals surface area contributed by atoms with Crippen molar-refractivity contribution in [2.75, 3.05) is 19.6 Å². The summed E-state index contributed by atoms with van der Waals surface area (Å²) in [6.45, 7) is 1.75. The first kappa shape index (κ1) is 29.8. The molecule has 1 unspecified atom stereocenters. The summed E-state index contributed by atoms with van der Waals surface area (Å²) in [4.78, 5) is 22.0. The molecule has 0 radical (unpaired) electrons. The van der Waals surface area contributed by atoms with Gasteiger partial charge in [0.2, 0.25) is 0 Å². The van der Waals surface area contributed by atoms with E-state index in [2.05, 4.69) is 23.5 Å². The van der Waals surface area contributed by atoms with E-state index in [0.29, 0.717) is 25.3 Å². The maximum absolute atomic E-state index is 13.1. The maximum Gasteiger partial charge on any atom is 0.490 e. The van der Waals surface area contributed by atoms with Crippen LogP contribution in [0.4, 0.5) is 13.2 Å². The topological polar surface area (TPSA) is 128 Å². The van der Waals surface area contributed by atoms with Crippen LogP contribution in [0.25, 0.3) is 10.8 Å². The van der Waals surface area contributed by atoms with Crippen LogP contribution in [0.15, 0.2) is 72.8 Å². The first-order valence-corrected chi connectivity index (χ1v) is 11.8. The number of ketones is 1. The van der Waals surface area contributed by atoms with Crippen molar-refractivity contribution in [1.29, 1.82) is 0 Å². The molecule has 0 heterocycles. The number of aryl methyl sites for hydroxylation is 1. The summed E-state index contributed by atoms with van der Waals surface area (Å²) < 4.78 is 37.9. The minimum atomic E-state index is -5.08. The summed E-state index contributed by atoms with van der Waals surface area (Å²) in [5.41, 5.74) is 13.0. The molecule has 37 heavy (non-hydrogen) atoms. The fraction of sp³-hybridized carbons (Fsp3) is 0.333. The SMILES string of the molecule is NCCCNCC(Oc1ccc2ccccc2c1)C(=O)[C@@H](N)CCc1ccccc1.O=C(O)C(F)(F)F. The summed E-state index contributed by atoms with van der Waals surface area (Å²) in [6.07, 6.45) is -3.54.